The molecule has 0 saturated heterocycles. The molecule has 1 heteroatoms. The van der Waals surface area contributed by atoms with E-state index in [1.54, 1.807) is 0 Å². The van der Waals surface area contributed by atoms with Crippen LogP contribution in [0.15, 0.2) is 12.1 Å². The lowest BCUT2D eigenvalue weighted by Crippen LogP contribution is -1.87. The average molecular weight is 335 g/mol. The van der Waals surface area contributed by atoms with Crippen LogP contribution in [0, 0.1) is 35.5 Å². The lowest BCUT2D eigenvalue weighted by Gasteiger charge is -2.02. The predicted molar refractivity (Wildman–Crippen MR) is 107 cm³/mol. The molecule has 0 aliphatic heterocycles. The number of hydrogen-bond donors (Lipinski definition) is 1. The highest BCUT2D eigenvalue weighted by molar-refractivity contribution is 5.60. The summed E-state index contributed by atoms with van der Waals surface area (Å²) >= 11 is 0. The molecule has 0 radical (unpaired) electrons. The molecule has 1 N–H and O–H groups in total. The highest BCUT2D eigenvalue weighted by atomic mass is 16.3. The molecule has 0 bridgehead atoms. The Morgan fingerprint density at radius 2 is 1.08 bits per heavy atom. The fraction of sp³-hybridized carbons (Fsp3) is 0.500. The highest BCUT2D eigenvalue weighted by Crippen LogP contribution is 2.23. The van der Waals surface area contributed by atoms with Crippen molar-refractivity contribution in [3.05, 3.63) is 28.8 Å². The quantitative estimate of drug-likeness (QED) is 0.498. The molecule has 0 unspecified atom stereocenters. The van der Waals surface area contributed by atoms with Gasteiger partial charge < -0.3 is 5.11 Å². The molecule has 0 aliphatic carbocycles. The Morgan fingerprint density at radius 3 is 1.48 bits per heavy atom. The summed E-state index contributed by atoms with van der Waals surface area (Å²) in [4.78, 5) is 0. The molecule has 0 fully saturated rings. The Hall–Kier alpha value is -2.30. The van der Waals surface area contributed by atoms with Crippen LogP contribution in [-0.4, -0.2) is 5.11 Å². The summed E-state index contributed by atoms with van der Waals surface area (Å²) in [5.74, 6) is 19.1. The van der Waals surface area contributed by atoms with Crippen LogP contribution in [0.5, 0.6) is 5.75 Å². The molecular formula is C24H30O. The van der Waals surface area contributed by atoms with Crippen molar-refractivity contribution in [1.82, 2.24) is 0 Å². The minimum absolute atomic E-state index is 0.187. The molecule has 1 nitrogen and oxygen atoms in total. The van der Waals surface area contributed by atoms with E-state index in [1.165, 1.54) is 0 Å². The molecule has 0 aliphatic rings. The second-order valence-corrected chi connectivity index (χ2v) is 6.14. The van der Waals surface area contributed by atoms with Crippen LogP contribution in [0.1, 0.15) is 95.2 Å². The first-order chi connectivity index (χ1) is 12.2. The first kappa shape index (κ1) is 20.7. The second-order valence-electron chi connectivity index (χ2n) is 6.14. The van der Waals surface area contributed by atoms with Crippen LogP contribution < -0.4 is 0 Å². The van der Waals surface area contributed by atoms with Crippen molar-refractivity contribution >= 4 is 0 Å². The number of benzene rings is 1. The summed E-state index contributed by atoms with van der Waals surface area (Å²) in [5, 5.41) is 10.5. The van der Waals surface area contributed by atoms with E-state index in [0.29, 0.717) is 11.1 Å². The van der Waals surface area contributed by atoms with Crippen molar-refractivity contribution in [3.63, 3.8) is 0 Å². The van der Waals surface area contributed by atoms with Gasteiger partial charge in [0.15, 0.2) is 0 Å². The largest absolute Gasteiger partial charge is 0.505 e. The van der Waals surface area contributed by atoms with Crippen molar-refractivity contribution in [2.24, 2.45) is 0 Å². The van der Waals surface area contributed by atoms with Crippen LogP contribution in [0.25, 0.3) is 0 Å². The van der Waals surface area contributed by atoms with E-state index in [2.05, 4.69) is 56.3 Å². The maximum Gasteiger partial charge on any atom is 0.146 e. The number of phenolic OH excluding ortho intramolecular Hbond substituents is 1. The van der Waals surface area contributed by atoms with Gasteiger partial charge in [-0.25, -0.2) is 0 Å². The molecule has 0 aromatic heterocycles. The van der Waals surface area contributed by atoms with E-state index >= 15 is 0 Å². The number of unbranched alkanes of at least 4 members (excludes halogenated alkanes) is 6. The van der Waals surface area contributed by atoms with E-state index in [1.807, 2.05) is 12.1 Å². The number of aromatic hydroxyl groups is 1. The zero-order valence-electron chi connectivity index (χ0n) is 16.0. The summed E-state index contributed by atoms with van der Waals surface area (Å²) in [7, 11) is 0. The molecule has 0 saturated carbocycles. The first-order valence-corrected chi connectivity index (χ1v) is 9.56. The molecule has 1 rings (SSSR count). The van der Waals surface area contributed by atoms with E-state index in [4.69, 9.17) is 0 Å². The van der Waals surface area contributed by atoms with E-state index < -0.39 is 0 Å². The molecular weight excluding hydrogens is 304 g/mol. The summed E-state index contributed by atoms with van der Waals surface area (Å²) in [5.41, 5.74) is 2.16. The molecule has 1 aromatic carbocycles. The maximum absolute atomic E-state index is 10.5. The van der Waals surface area contributed by atoms with Crippen LogP contribution in [-0.2, 0) is 0 Å². The third-order valence-corrected chi connectivity index (χ3v) is 3.75. The minimum atomic E-state index is 0.187. The molecule has 0 atom stereocenters. The van der Waals surface area contributed by atoms with E-state index in [-0.39, 0.29) is 5.75 Å². The fourth-order valence-corrected chi connectivity index (χ4v) is 2.17. The van der Waals surface area contributed by atoms with Crippen LogP contribution in [0.3, 0.4) is 0 Å². The van der Waals surface area contributed by atoms with Gasteiger partial charge >= 0.3 is 0 Å². The Kier molecular flexibility index (Phi) is 10.8. The third kappa shape index (κ3) is 8.38. The van der Waals surface area contributed by atoms with Gasteiger partial charge in [-0.15, -0.1) is 0 Å². The molecule has 1 aromatic rings. The molecule has 0 amide bonds. The summed E-state index contributed by atoms with van der Waals surface area (Å²) < 4.78 is 0. The van der Waals surface area contributed by atoms with Gasteiger partial charge in [-0.2, -0.15) is 0 Å². The van der Waals surface area contributed by atoms with Crippen molar-refractivity contribution in [2.75, 3.05) is 0 Å². The van der Waals surface area contributed by atoms with Crippen molar-refractivity contribution < 1.29 is 5.11 Å². The zero-order valence-corrected chi connectivity index (χ0v) is 16.0. The summed E-state index contributed by atoms with van der Waals surface area (Å²) in [6, 6.07) is 3.76. The van der Waals surface area contributed by atoms with Gasteiger partial charge in [-0.3, -0.25) is 0 Å². The van der Waals surface area contributed by atoms with Crippen molar-refractivity contribution in [1.29, 1.82) is 0 Å². The predicted octanol–water partition coefficient (Wildman–Crippen LogP) is 6.02. The van der Waals surface area contributed by atoms with Gasteiger partial charge in [0.1, 0.15) is 5.75 Å². The number of phenols is 1. The van der Waals surface area contributed by atoms with Gasteiger partial charge in [0, 0.05) is 24.8 Å². The second kappa shape index (κ2) is 13.0. The topological polar surface area (TPSA) is 20.2 Å². The minimum Gasteiger partial charge on any atom is -0.505 e. The molecule has 0 heterocycles. The molecule has 25 heavy (non-hydrogen) atoms. The summed E-state index contributed by atoms with van der Waals surface area (Å²) in [6.07, 6.45) is 9.24. The van der Waals surface area contributed by atoms with Gasteiger partial charge in [0.25, 0.3) is 0 Å². The lowest BCUT2D eigenvalue weighted by molar-refractivity contribution is 0.472. The Labute approximate surface area is 154 Å². The fourth-order valence-electron chi connectivity index (χ4n) is 2.17. The zero-order chi connectivity index (χ0) is 18.3. The first-order valence-electron chi connectivity index (χ1n) is 9.56. The lowest BCUT2D eigenvalue weighted by atomic mass is 10.0. The SMILES string of the molecule is CCCCC#Cc1cc(C#CCCCC)c(O)c(C#CCCCC)c1. The van der Waals surface area contributed by atoms with Crippen molar-refractivity contribution in [3.8, 4) is 41.3 Å². The Morgan fingerprint density at radius 1 is 0.680 bits per heavy atom. The maximum atomic E-state index is 10.5. The van der Waals surface area contributed by atoms with Crippen LogP contribution in [0.2, 0.25) is 0 Å². The van der Waals surface area contributed by atoms with Crippen molar-refractivity contribution in [2.45, 2.75) is 78.6 Å². The normalized spacial score (nSPS) is 9.24. The van der Waals surface area contributed by atoms with Gasteiger partial charge in [-0.1, -0.05) is 75.6 Å². The van der Waals surface area contributed by atoms with Crippen LogP contribution in [0.4, 0.5) is 0 Å². The average Bonchev–Trinajstić information content (AvgIpc) is 2.62. The van der Waals surface area contributed by atoms with Gasteiger partial charge in [0.05, 0.1) is 11.1 Å². The standard InChI is InChI=1S/C24H30O/c1-4-7-10-13-16-21-19-22(17-14-11-8-5-2)24(25)23(20-21)18-15-12-9-6-3/h19-20,25H,4-12H2,1-3H3. The van der Waals surface area contributed by atoms with Gasteiger partial charge in [0.2, 0.25) is 0 Å². The number of rotatable bonds is 6. The van der Waals surface area contributed by atoms with E-state index in [9.17, 15) is 5.11 Å². The number of hydrogen-bond acceptors (Lipinski definition) is 1. The highest BCUT2D eigenvalue weighted by Gasteiger charge is 2.06. The Bertz CT molecular complexity index is 661. The third-order valence-electron chi connectivity index (χ3n) is 3.75. The van der Waals surface area contributed by atoms with Gasteiger partial charge in [-0.05, 0) is 31.4 Å². The smallest absolute Gasteiger partial charge is 0.146 e. The molecule has 132 valence electrons. The Balaban J connectivity index is 3.11. The van der Waals surface area contributed by atoms with E-state index in [0.717, 1.165) is 63.4 Å². The summed E-state index contributed by atoms with van der Waals surface area (Å²) in [6.45, 7) is 6.46. The monoisotopic (exact) mass is 334 g/mol. The molecule has 0 spiro atoms. The van der Waals surface area contributed by atoms with Crippen LogP contribution >= 0.6 is 0 Å².